The molecule has 0 bridgehead atoms. The third kappa shape index (κ3) is 3.20. The molecule has 1 N–H and O–H groups in total. The number of halogens is 4. The highest BCUT2D eigenvalue weighted by Gasteiger charge is 2.37. The van der Waals surface area contributed by atoms with E-state index in [1.807, 2.05) is 0 Å². The lowest BCUT2D eigenvalue weighted by molar-refractivity contribution is -0.116. The first-order valence-electron chi connectivity index (χ1n) is 6.88. The zero-order valence-corrected chi connectivity index (χ0v) is 13.8. The lowest BCUT2D eigenvalue weighted by Crippen LogP contribution is -2.37. The molecule has 1 heterocycles. The van der Waals surface area contributed by atoms with Gasteiger partial charge in [0, 0.05) is 6.07 Å². The number of benzene rings is 2. The van der Waals surface area contributed by atoms with Crippen molar-refractivity contribution in [2.24, 2.45) is 0 Å². The second-order valence-corrected chi connectivity index (χ2v) is 6.00. The van der Waals surface area contributed by atoms with Gasteiger partial charge in [-0.1, -0.05) is 23.2 Å². The molecule has 1 aliphatic heterocycles. The topological polar surface area (TPSA) is 66.5 Å². The van der Waals surface area contributed by atoms with Crippen molar-refractivity contribution in [1.29, 1.82) is 0 Å². The summed E-state index contributed by atoms with van der Waals surface area (Å²) in [6.45, 7) is -0.640. The molecule has 9 heteroatoms. The van der Waals surface area contributed by atoms with Gasteiger partial charge in [-0.3, -0.25) is 19.3 Å². The Labute approximate surface area is 150 Å². The van der Waals surface area contributed by atoms with Gasteiger partial charge in [-0.25, -0.2) is 8.78 Å². The number of carbonyl (C=O) groups excluding carboxylic acids is 3. The molecular formula is C16H8Cl2F2N2O3. The Morgan fingerprint density at radius 1 is 1.00 bits per heavy atom. The van der Waals surface area contributed by atoms with Crippen molar-refractivity contribution in [3.05, 3.63) is 63.1 Å². The number of nitrogens with zero attached hydrogens (tertiary/aromatic N) is 1. The fraction of sp³-hybridized carbons (Fsp3) is 0.0625. The number of imide groups is 1. The third-order valence-electron chi connectivity index (χ3n) is 3.52. The maximum atomic E-state index is 13.6. The maximum Gasteiger partial charge on any atom is 0.262 e. The summed E-state index contributed by atoms with van der Waals surface area (Å²) >= 11 is 11.7. The van der Waals surface area contributed by atoms with Gasteiger partial charge >= 0.3 is 0 Å². The quantitative estimate of drug-likeness (QED) is 0.823. The van der Waals surface area contributed by atoms with Gasteiger partial charge in [-0.15, -0.1) is 0 Å². The predicted octanol–water partition coefficient (Wildman–Crippen LogP) is 3.51. The number of carbonyl (C=O) groups is 3. The molecule has 0 radical (unpaired) electrons. The Hall–Kier alpha value is -2.51. The first-order valence-corrected chi connectivity index (χ1v) is 7.63. The Balaban J connectivity index is 1.78. The van der Waals surface area contributed by atoms with E-state index in [1.54, 1.807) is 0 Å². The molecule has 0 saturated heterocycles. The lowest BCUT2D eigenvalue weighted by Gasteiger charge is -2.13. The number of nitrogens with one attached hydrogen (secondary N) is 1. The first-order chi connectivity index (χ1) is 11.8. The maximum absolute atomic E-state index is 13.6. The standard InChI is InChI=1S/C16H8Cl2F2N2O3/c17-10-4-8-9(5-11(10)18)16(25)22(15(8)24)6-14(23)21-13-2-1-7(19)3-12(13)20/h1-5H,6H2,(H,21,23). The average Bonchev–Trinajstić information content (AvgIpc) is 2.76. The third-order valence-corrected chi connectivity index (χ3v) is 4.24. The van der Waals surface area contributed by atoms with Crippen LogP contribution in [0, 0.1) is 11.6 Å². The van der Waals surface area contributed by atoms with Crippen LogP contribution in [0.15, 0.2) is 30.3 Å². The number of rotatable bonds is 3. The fourth-order valence-corrected chi connectivity index (χ4v) is 2.68. The summed E-state index contributed by atoms with van der Waals surface area (Å²) in [6, 6.07) is 5.09. The Kier molecular flexibility index (Phi) is 4.45. The summed E-state index contributed by atoms with van der Waals surface area (Å²) in [5.41, 5.74) is -0.213. The van der Waals surface area contributed by atoms with Crippen LogP contribution in [0.1, 0.15) is 20.7 Å². The summed E-state index contributed by atoms with van der Waals surface area (Å²) < 4.78 is 26.4. The summed E-state index contributed by atoms with van der Waals surface area (Å²) in [4.78, 5) is 37.2. The Morgan fingerprint density at radius 2 is 1.56 bits per heavy atom. The molecule has 0 saturated carbocycles. The molecule has 1 aliphatic rings. The molecule has 0 fully saturated rings. The van der Waals surface area contributed by atoms with Crippen LogP contribution in [0.25, 0.3) is 0 Å². The van der Waals surface area contributed by atoms with E-state index in [2.05, 4.69) is 5.32 Å². The number of anilines is 1. The van der Waals surface area contributed by atoms with E-state index in [4.69, 9.17) is 23.2 Å². The van der Waals surface area contributed by atoms with Crippen molar-refractivity contribution in [3.8, 4) is 0 Å². The highest BCUT2D eigenvalue weighted by molar-refractivity contribution is 6.43. The highest BCUT2D eigenvalue weighted by Crippen LogP contribution is 2.31. The van der Waals surface area contributed by atoms with Crippen LogP contribution in [0.5, 0.6) is 0 Å². The van der Waals surface area contributed by atoms with Gasteiger partial charge in [0.15, 0.2) is 0 Å². The molecule has 128 valence electrons. The molecule has 5 nitrogen and oxygen atoms in total. The van der Waals surface area contributed by atoms with Gasteiger partial charge in [0.2, 0.25) is 5.91 Å². The fourth-order valence-electron chi connectivity index (χ4n) is 2.35. The van der Waals surface area contributed by atoms with Crippen LogP contribution in [0.3, 0.4) is 0 Å². The second-order valence-electron chi connectivity index (χ2n) is 5.18. The molecule has 0 aromatic heterocycles. The van der Waals surface area contributed by atoms with E-state index < -0.39 is 35.9 Å². The predicted molar refractivity (Wildman–Crippen MR) is 86.8 cm³/mol. The molecule has 0 unspecified atom stereocenters. The van der Waals surface area contributed by atoms with Crippen molar-refractivity contribution in [2.45, 2.75) is 0 Å². The summed E-state index contributed by atoms with van der Waals surface area (Å²) in [6.07, 6.45) is 0. The minimum Gasteiger partial charge on any atom is -0.322 e. The first kappa shape index (κ1) is 17.3. The van der Waals surface area contributed by atoms with Crippen molar-refractivity contribution < 1.29 is 23.2 Å². The van der Waals surface area contributed by atoms with Gasteiger partial charge in [-0.05, 0) is 24.3 Å². The van der Waals surface area contributed by atoms with E-state index in [-0.39, 0.29) is 26.9 Å². The number of amides is 3. The van der Waals surface area contributed by atoms with Crippen LogP contribution in [-0.4, -0.2) is 29.2 Å². The van der Waals surface area contributed by atoms with Crippen LogP contribution < -0.4 is 5.32 Å². The average molecular weight is 385 g/mol. The lowest BCUT2D eigenvalue weighted by atomic mass is 10.1. The molecule has 2 aromatic rings. The van der Waals surface area contributed by atoms with E-state index in [0.717, 1.165) is 12.1 Å². The Bertz CT molecular complexity index is 893. The molecule has 0 spiro atoms. The molecule has 2 aromatic carbocycles. The number of hydrogen-bond donors (Lipinski definition) is 1. The van der Waals surface area contributed by atoms with Crippen LogP contribution in [0.4, 0.5) is 14.5 Å². The van der Waals surface area contributed by atoms with E-state index in [0.29, 0.717) is 11.0 Å². The van der Waals surface area contributed by atoms with Crippen LogP contribution in [0.2, 0.25) is 10.0 Å². The summed E-state index contributed by atoms with van der Waals surface area (Å²) in [5.74, 6) is -4.03. The Morgan fingerprint density at radius 3 is 2.08 bits per heavy atom. The summed E-state index contributed by atoms with van der Waals surface area (Å²) in [7, 11) is 0. The number of fused-ring (bicyclic) bond motifs is 1. The largest absolute Gasteiger partial charge is 0.322 e. The number of hydrogen-bond acceptors (Lipinski definition) is 3. The smallest absolute Gasteiger partial charge is 0.262 e. The van der Waals surface area contributed by atoms with Crippen molar-refractivity contribution in [2.75, 3.05) is 11.9 Å². The molecule has 0 aliphatic carbocycles. The van der Waals surface area contributed by atoms with Crippen molar-refractivity contribution >= 4 is 46.6 Å². The van der Waals surface area contributed by atoms with Crippen molar-refractivity contribution in [1.82, 2.24) is 4.90 Å². The van der Waals surface area contributed by atoms with Gasteiger partial charge in [0.25, 0.3) is 11.8 Å². The molecule has 25 heavy (non-hydrogen) atoms. The second kappa shape index (κ2) is 6.42. The van der Waals surface area contributed by atoms with Crippen LogP contribution >= 0.6 is 23.2 Å². The molecule has 0 atom stereocenters. The van der Waals surface area contributed by atoms with Crippen LogP contribution in [-0.2, 0) is 4.79 Å². The highest BCUT2D eigenvalue weighted by atomic mass is 35.5. The van der Waals surface area contributed by atoms with Crippen molar-refractivity contribution in [3.63, 3.8) is 0 Å². The normalized spacial score (nSPS) is 13.2. The van der Waals surface area contributed by atoms with E-state index in [9.17, 15) is 23.2 Å². The SMILES string of the molecule is O=C(CN1C(=O)c2cc(Cl)c(Cl)cc2C1=O)Nc1ccc(F)cc1F. The van der Waals surface area contributed by atoms with Gasteiger partial charge < -0.3 is 5.32 Å². The molecule has 3 rings (SSSR count). The summed E-state index contributed by atoms with van der Waals surface area (Å²) in [5, 5.41) is 2.37. The van der Waals surface area contributed by atoms with Gasteiger partial charge in [0.05, 0.1) is 26.9 Å². The van der Waals surface area contributed by atoms with Gasteiger partial charge in [-0.2, -0.15) is 0 Å². The zero-order chi connectivity index (χ0) is 18.3. The molecule has 3 amide bonds. The minimum atomic E-state index is -0.978. The van der Waals surface area contributed by atoms with Gasteiger partial charge in [0.1, 0.15) is 18.2 Å². The zero-order valence-electron chi connectivity index (χ0n) is 12.3. The molecular weight excluding hydrogens is 377 g/mol. The van der Waals surface area contributed by atoms with E-state index in [1.165, 1.54) is 12.1 Å². The van der Waals surface area contributed by atoms with E-state index >= 15 is 0 Å². The minimum absolute atomic E-state index is 0.0279. The monoisotopic (exact) mass is 384 g/mol.